The predicted octanol–water partition coefficient (Wildman–Crippen LogP) is 9.38. The van der Waals surface area contributed by atoms with Gasteiger partial charge in [-0.1, -0.05) is 97.3 Å². The van der Waals surface area contributed by atoms with Gasteiger partial charge in [-0.2, -0.15) is 0 Å². The summed E-state index contributed by atoms with van der Waals surface area (Å²) in [6, 6.07) is 33.0. The predicted molar refractivity (Wildman–Crippen MR) is 213 cm³/mol. The van der Waals surface area contributed by atoms with Gasteiger partial charge in [0.05, 0.1) is 12.7 Å². The molecular formula is C43H41N3O5S2. The van der Waals surface area contributed by atoms with Crippen molar-refractivity contribution in [3.63, 3.8) is 0 Å². The first-order chi connectivity index (χ1) is 25.8. The van der Waals surface area contributed by atoms with Crippen molar-refractivity contribution in [3.8, 4) is 0 Å². The van der Waals surface area contributed by atoms with Crippen molar-refractivity contribution in [3.05, 3.63) is 153 Å². The number of nitrogens with one attached hydrogen (secondary N) is 3. The zero-order valence-corrected chi connectivity index (χ0v) is 31.3. The first kappa shape index (κ1) is 37.3. The number of benzene rings is 4. The molecular weight excluding hydrogens is 703 g/mol. The van der Waals surface area contributed by atoms with Crippen LogP contribution in [0.4, 0.5) is 10.7 Å². The largest absolute Gasteiger partial charge is 0.465 e. The fourth-order valence-electron chi connectivity index (χ4n) is 6.25. The van der Waals surface area contributed by atoms with Crippen molar-refractivity contribution in [2.75, 3.05) is 17.7 Å². The third-order valence-corrected chi connectivity index (χ3v) is 11.3. The second-order valence-electron chi connectivity index (χ2n) is 12.8. The summed E-state index contributed by atoms with van der Waals surface area (Å²) in [6.07, 6.45) is 7.57. The Kier molecular flexibility index (Phi) is 12.6. The molecule has 1 atom stereocenters. The number of methoxy groups -OCH3 is 1. The Bertz CT molecular complexity index is 2130. The highest BCUT2D eigenvalue weighted by molar-refractivity contribution is 8.00. The number of amides is 3. The number of carbonyl (C=O) groups excluding carboxylic acids is 4. The van der Waals surface area contributed by atoms with Gasteiger partial charge >= 0.3 is 5.97 Å². The second-order valence-corrected chi connectivity index (χ2v) is 15.1. The molecule has 1 aliphatic rings. The Hall–Kier alpha value is -5.45. The minimum atomic E-state index is -0.681. The monoisotopic (exact) mass is 743 g/mol. The molecule has 0 bridgehead atoms. The van der Waals surface area contributed by atoms with E-state index in [1.54, 1.807) is 48.5 Å². The quantitative estimate of drug-likeness (QED) is 0.0706. The zero-order chi connectivity index (χ0) is 37.2. The SMILES string of the molecule is COC(=O)c1c(NC(=O)C(Sc2cccc(NC(=O)/C(=C\c3cccc(C)c3)NC(=O)c3ccccc3)c2)c2ccccc2)sc2c1CCCCCC2. The van der Waals surface area contributed by atoms with Crippen molar-refractivity contribution in [1.82, 2.24) is 5.32 Å². The van der Waals surface area contributed by atoms with Crippen LogP contribution in [0.3, 0.4) is 0 Å². The van der Waals surface area contributed by atoms with Gasteiger partial charge in [-0.25, -0.2) is 4.79 Å². The molecule has 0 saturated heterocycles. The first-order valence-electron chi connectivity index (χ1n) is 17.6. The maximum atomic E-state index is 14.2. The molecule has 53 heavy (non-hydrogen) atoms. The van der Waals surface area contributed by atoms with Gasteiger partial charge in [-0.15, -0.1) is 23.1 Å². The van der Waals surface area contributed by atoms with Gasteiger partial charge in [0.15, 0.2) is 0 Å². The van der Waals surface area contributed by atoms with Gasteiger partial charge in [0.25, 0.3) is 11.8 Å². The van der Waals surface area contributed by atoms with Gasteiger partial charge in [0, 0.05) is 21.0 Å². The zero-order valence-electron chi connectivity index (χ0n) is 29.6. The summed E-state index contributed by atoms with van der Waals surface area (Å²) >= 11 is 2.80. The molecule has 4 aromatic carbocycles. The van der Waals surface area contributed by atoms with Crippen LogP contribution in [0.2, 0.25) is 0 Å². The lowest BCUT2D eigenvalue weighted by Crippen LogP contribution is -2.30. The van der Waals surface area contributed by atoms with E-state index in [2.05, 4.69) is 16.0 Å². The molecule has 8 nitrogen and oxygen atoms in total. The van der Waals surface area contributed by atoms with Crippen LogP contribution in [0, 0.1) is 6.92 Å². The Balaban J connectivity index is 1.25. The number of carbonyl (C=O) groups is 4. The van der Waals surface area contributed by atoms with Crippen LogP contribution < -0.4 is 16.0 Å². The fourth-order valence-corrected chi connectivity index (χ4v) is 8.62. The highest BCUT2D eigenvalue weighted by Crippen LogP contribution is 2.41. The number of esters is 1. The van der Waals surface area contributed by atoms with Crippen LogP contribution in [0.5, 0.6) is 0 Å². The summed E-state index contributed by atoms with van der Waals surface area (Å²) in [5.41, 5.74) is 4.99. The minimum absolute atomic E-state index is 0.0792. The summed E-state index contributed by atoms with van der Waals surface area (Å²) < 4.78 is 5.19. The molecule has 0 saturated carbocycles. The van der Waals surface area contributed by atoms with Gasteiger partial charge in [-0.05, 0) is 85.7 Å². The number of aryl methyl sites for hydroxylation is 2. The number of anilines is 2. The topological polar surface area (TPSA) is 114 Å². The molecule has 1 aliphatic carbocycles. The van der Waals surface area contributed by atoms with Crippen molar-refractivity contribution < 1.29 is 23.9 Å². The highest BCUT2D eigenvalue weighted by Gasteiger charge is 2.29. The van der Waals surface area contributed by atoms with Crippen LogP contribution in [-0.2, 0) is 27.2 Å². The summed E-state index contributed by atoms with van der Waals surface area (Å²) in [6.45, 7) is 1.96. The average molecular weight is 744 g/mol. The van der Waals surface area contributed by atoms with E-state index < -0.39 is 23.0 Å². The molecule has 270 valence electrons. The Morgan fingerprint density at radius 3 is 2.25 bits per heavy atom. The van der Waals surface area contributed by atoms with Crippen LogP contribution in [-0.4, -0.2) is 30.8 Å². The first-order valence-corrected chi connectivity index (χ1v) is 19.3. The summed E-state index contributed by atoms with van der Waals surface area (Å²) in [4.78, 5) is 56.0. The number of rotatable bonds is 11. The van der Waals surface area contributed by atoms with Gasteiger partial charge in [0.2, 0.25) is 5.91 Å². The van der Waals surface area contributed by atoms with Crippen LogP contribution in [0.1, 0.15) is 78.8 Å². The van der Waals surface area contributed by atoms with Crippen molar-refractivity contribution in [1.29, 1.82) is 0 Å². The molecule has 6 rings (SSSR count). The number of hydrogen-bond acceptors (Lipinski definition) is 7. The van der Waals surface area contributed by atoms with Gasteiger partial charge in [-0.3, -0.25) is 14.4 Å². The summed E-state index contributed by atoms with van der Waals surface area (Å²) in [5.74, 6) is -1.63. The van der Waals surface area contributed by atoms with Crippen LogP contribution in [0.15, 0.2) is 120 Å². The third-order valence-electron chi connectivity index (χ3n) is 8.87. The average Bonchev–Trinajstić information content (AvgIpc) is 3.48. The number of thioether (sulfide) groups is 1. The van der Waals surface area contributed by atoms with Crippen LogP contribution >= 0.6 is 23.1 Å². The van der Waals surface area contributed by atoms with E-state index in [1.165, 1.54) is 30.2 Å². The molecule has 0 radical (unpaired) electrons. The Labute approximate surface area is 318 Å². The Morgan fingerprint density at radius 2 is 1.51 bits per heavy atom. The molecule has 1 heterocycles. The molecule has 0 fully saturated rings. The van der Waals surface area contributed by atoms with E-state index in [0.29, 0.717) is 21.8 Å². The fraction of sp³-hybridized carbons (Fsp3) is 0.209. The van der Waals surface area contributed by atoms with Crippen molar-refractivity contribution >= 4 is 63.6 Å². The maximum absolute atomic E-state index is 14.2. The number of fused-ring (bicyclic) bond motifs is 1. The third kappa shape index (κ3) is 9.71. The van der Waals surface area contributed by atoms with Gasteiger partial charge in [0.1, 0.15) is 15.9 Å². The molecule has 3 amide bonds. The number of hydrogen-bond donors (Lipinski definition) is 3. The van der Waals surface area contributed by atoms with Gasteiger partial charge < -0.3 is 20.7 Å². The lowest BCUT2D eigenvalue weighted by atomic mass is 9.96. The molecule has 10 heteroatoms. The lowest BCUT2D eigenvalue weighted by molar-refractivity contribution is -0.116. The minimum Gasteiger partial charge on any atom is -0.465 e. The molecule has 3 N–H and O–H groups in total. The standard InChI is InChI=1S/C43H41N3O5S2/c1-28-15-13-16-29(25-28)26-35(45-39(47)31-19-9-6-10-20-31)40(48)44-32-21-14-22-33(27-32)52-38(30-17-7-5-8-18-30)41(49)46-42-37(43(50)51-2)34-23-11-3-4-12-24-36(34)53-42/h5-10,13-22,25-27,38H,3-4,11-12,23-24H2,1-2H3,(H,44,48)(H,45,47)(H,46,49)/b35-26+. The van der Waals surface area contributed by atoms with E-state index in [0.717, 1.165) is 70.6 Å². The van der Waals surface area contributed by atoms with E-state index in [4.69, 9.17) is 4.74 Å². The summed E-state index contributed by atoms with van der Waals surface area (Å²) in [5, 5.41) is 8.66. The highest BCUT2D eigenvalue weighted by atomic mass is 32.2. The van der Waals surface area contributed by atoms with E-state index in [1.807, 2.05) is 73.7 Å². The Morgan fingerprint density at radius 1 is 0.792 bits per heavy atom. The lowest BCUT2D eigenvalue weighted by Gasteiger charge is -2.18. The molecule has 1 aromatic heterocycles. The second kappa shape index (κ2) is 17.9. The molecule has 0 spiro atoms. The summed E-state index contributed by atoms with van der Waals surface area (Å²) in [7, 11) is 1.37. The molecule has 0 aliphatic heterocycles. The molecule has 1 unspecified atom stereocenters. The normalized spacial score (nSPS) is 13.4. The van der Waals surface area contributed by atoms with E-state index in [9.17, 15) is 19.2 Å². The number of thiophene rings is 1. The van der Waals surface area contributed by atoms with E-state index >= 15 is 0 Å². The van der Waals surface area contributed by atoms with E-state index in [-0.39, 0.29) is 11.6 Å². The smallest absolute Gasteiger partial charge is 0.341 e. The van der Waals surface area contributed by atoms with Crippen molar-refractivity contribution in [2.45, 2.75) is 55.6 Å². The molecule has 5 aromatic rings. The maximum Gasteiger partial charge on any atom is 0.341 e. The van der Waals surface area contributed by atoms with Crippen LogP contribution in [0.25, 0.3) is 6.08 Å². The van der Waals surface area contributed by atoms with Crippen molar-refractivity contribution in [2.24, 2.45) is 0 Å². The number of ether oxygens (including phenoxy) is 1.